The van der Waals surface area contributed by atoms with E-state index in [-0.39, 0.29) is 48.7 Å². The minimum absolute atomic E-state index is 0.0126. The molecule has 0 radical (unpaired) electrons. The van der Waals surface area contributed by atoms with Crippen LogP contribution in [0.25, 0.3) is 10.1 Å². The Balaban J connectivity index is 1.68. The Morgan fingerprint density at radius 2 is 1.73 bits per heavy atom. The van der Waals surface area contributed by atoms with E-state index in [1.807, 2.05) is 0 Å². The third kappa shape index (κ3) is 10.5. The Morgan fingerprint density at radius 1 is 1.07 bits per heavy atom. The fourth-order valence-corrected chi connectivity index (χ4v) is 7.60. The van der Waals surface area contributed by atoms with E-state index in [0.29, 0.717) is 10.4 Å². The number of hydrogen-bond acceptors (Lipinski definition) is 9. The first-order chi connectivity index (χ1) is 25.5. The zero-order valence-corrected chi connectivity index (χ0v) is 34.4. The van der Waals surface area contributed by atoms with Crippen LogP contribution < -0.4 is 10.2 Å². The summed E-state index contributed by atoms with van der Waals surface area (Å²) in [5.41, 5.74) is -5.85. The normalized spacial score (nSPS) is 16.8. The summed E-state index contributed by atoms with van der Waals surface area (Å²) in [7, 11) is -2.65. The molecule has 19 heteroatoms. The van der Waals surface area contributed by atoms with Gasteiger partial charge in [0.05, 0.1) is 17.6 Å². The molecule has 1 unspecified atom stereocenters. The molecule has 14 nitrogen and oxygen atoms in total. The van der Waals surface area contributed by atoms with Crippen LogP contribution >= 0.6 is 34.9 Å². The molecule has 3 aromatic rings. The second-order valence-electron chi connectivity index (χ2n) is 14.2. The first kappa shape index (κ1) is 43.9. The zero-order chi connectivity index (χ0) is 41.0. The Bertz CT molecular complexity index is 1970. The number of amides is 4. The summed E-state index contributed by atoms with van der Waals surface area (Å²) in [4.78, 5) is 90.2. The topological polar surface area (TPSA) is 183 Å². The molecule has 4 amide bonds. The third-order valence-electron chi connectivity index (χ3n) is 8.87. The average molecular weight is 874 g/mol. The van der Waals surface area contributed by atoms with Gasteiger partial charge in [-0.15, -0.1) is 11.3 Å². The van der Waals surface area contributed by atoms with Gasteiger partial charge in [-0.25, -0.2) is 4.79 Å². The van der Waals surface area contributed by atoms with Gasteiger partial charge in [0.2, 0.25) is 17.7 Å². The molecule has 4 rings (SSSR count). The number of anilines is 1. The molecule has 1 aromatic heterocycles. The molecule has 1 aliphatic heterocycles. The smallest absolute Gasteiger partial charge is 0.399 e. The molecule has 300 valence electrons. The zero-order valence-electron chi connectivity index (χ0n) is 31.1. The average Bonchev–Trinajstić information content (AvgIpc) is 3.73. The lowest BCUT2D eigenvalue weighted by Crippen LogP contribution is -2.58. The third-order valence-corrected chi connectivity index (χ3v) is 11.5. The van der Waals surface area contributed by atoms with Gasteiger partial charge < -0.3 is 39.3 Å². The molecule has 1 aliphatic rings. The van der Waals surface area contributed by atoms with Crippen LogP contribution in [0.1, 0.15) is 55.8 Å². The van der Waals surface area contributed by atoms with Gasteiger partial charge in [0.25, 0.3) is 5.91 Å². The SMILES string of the molecule is CCOC(=O)CO[C@H]1C[C@@H](C(=O)N(CCC(=O)N(C)C)c2ccc(Br)cc2)N(C(=O)C(NC(=O)c2cc3cc(C(F)(F)P(=O)(O)O)ccc3s2)C(C)(C)C)C1. The molecule has 3 atom stereocenters. The maximum Gasteiger partial charge on any atom is 0.399 e. The predicted octanol–water partition coefficient (Wildman–Crippen LogP) is 5.10. The van der Waals surface area contributed by atoms with Gasteiger partial charge in [0.1, 0.15) is 18.7 Å². The van der Waals surface area contributed by atoms with Gasteiger partial charge in [-0.1, -0.05) is 42.8 Å². The maximum absolute atomic E-state index is 14.6. The number of nitrogens with one attached hydrogen (secondary N) is 1. The van der Waals surface area contributed by atoms with Gasteiger partial charge >= 0.3 is 19.2 Å². The molecule has 0 saturated carbocycles. The Kier molecular flexibility index (Phi) is 14.0. The lowest BCUT2D eigenvalue weighted by Gasteiger charge is -2.36. The first-order valence-corrected chi connectivity index (χ1v) is 20.4. The molecule has 1 fully saturated rings. The van der Waals surface area contributed by atoms with Gasteiger partial charge in [-0.3, -0.25) is 23.7 Å². The molecular weight excluding hydrogens is 829 g/mol. The van der Waals surface area contributed by atoms with E-state index in [9.17, 15) is 47.1 Å². The highest BCUT2D eigenvalue weighted by atomic mass is 79.9. The van der Waals surface area contributed by atoms with E-state index in [4.69, 9.17) is 9.47 Å². The Hall–Kier alpha value is -3.80. The first-order valence-electron chi connectivity index (χ1n) is 17.2. The van der Waals surface area contributed by atoms with Gasteiger partial charge in [0, 0.05) is 60.4 Å². The van der Waals surface area contributed by atoms with Crippen LogP contribution in [-0.2, 0) is 38.9 Å². The molecule has 0 aliphatic carbocycles. The fourth-order valence-electron chi connectivity index (χ4n) is 5.91. The van der Waals surface area contributed by atoms with Crippen LogP contribution in [0, 0.1) is 5.41 Å². The second-order valence-corrected chi connectivity index (χ2v) is 17.9. The molecule has 55 heavy (non-hydrogen) atoms. The standard InChI is InChI=1S/C36H44BrF2N4O10PS/c1-7-52-30(45)20-53-25-18-26(33(47)42(15-14-29(44)41(5)6)24-11-9-23(37)10-12-24)43(19-25)34(48)31(35(2,3)4)40-32(46)28-17-21-16-22(8-13-27(21)55-28)36(38,39)54(49,50)51/h8-13,16-17,25-26,31H,7,14-15,18-20H2,1-6H3,(H,40,46)(H2,49,50,51)/t25-,26-,31?/m0/s1. The van der Waals surface area contributed by atoms with Crippen LogP contribution in [0.5, 0.6) is 0 Å². The lowest BCUT2D eigenvalue weighted by molar-refractivity contribution is -0.150. The lowest BCUT2D eigenvalue weighted by atomic mass is 9.85. The van der Waals surface area contributed by atoms with Gasteiger partial charge in [-0.2, -0.15) is 8.78 Å². The number of carbonyl (C=O) groups excluding carboxylic acids is 5. The number of benzene rings is 2. The molecule has 0 bridgehead atoms. The molecule has 2 heterocycles. The number of likely N-dealkylation sites (tertiary alicyclic amines) is 1. The number of halogens is 3. The van der Waals surface area contributed by atoms with Crippen molar-refractivity contribution in [2.45, 2.75) is 64.4 Å². The minimum atomic E-state index is -5.84. The van der Waals surface area contributed by atoms with Crippen LogP contribution in [0.4, 0.5) is 14.5 Å². The number of carbonyl (C=O) groups is 5. The van der Waals surface area contributed by atoms with E-state index in [0.717, 1.165) is 27.9 Å². The largest absolute Gasteiger partial charge is 0.464 e. The summed E-state index contributed by atoms with van der Waals surface area (Å²) in [5, 5.41) is 2.88. The van der Waals surface area contributed by atoms with Crippen LogP contribution in [0.2, 0.25) is 0 Å². The highest BCUT2D eigenvalue weighted by Crippen LogP contribution is 2.59. The van der Waals surface area contributed by atoms with Crippen LogP contribution in [-0.4, -0.2) is 108 Å². The number of alkyl halides is 2. The Morgan fingerprint density at radius 3 is 2.31 bits per heavy atom. The number of ether oxygens (including phenoxy) is 2. The number of fused-ring (bicyclic) bond motifs is 1. The molecule has 2 aromatic carbocycles. The fraction of sp³-hybridized carbons (Fsp3) is 0.472. The monoisotopic (exact) mass is 872 g/mol. The summed E-state index contributed by atoms with van der Waals surface area (Å²) in [5.74, 6) is -2.74. The molecule has 0 spiro atoms. The summed E-state index contributed by atoms with van der Waals surface area (Å²) in [6.45, 7) is 6.32. The Labute approximate surface area is 329 Å². The van der Waals surface area contributed by atoms with Crippen molar-refractivity contribution in [1.82, 2.24) is 15.1 Å². The van der Waals surface area contributed by atoms with Crippen molar-refractivity contribution in [2.75, 3.05) is 45.3 Å². The number of rotatable bonds is 14. The summed E-state index contributed by atoms with van der Waals surface area (Å²) < 4.78 is 52.3. The molecular formula is C36H44BrF2N4O10PS. The van der Waals surface area contributed by atoms with Crippen molar-refractivity contribution >= 4 is 80.2 Å². The van der Waals surface area contributed by atoms with E-state index in [2.05, 4.69) is 21.2 Å². The highest BCUT2D eigenvalue weighted by molar-refractivity contribution is 9.10. The van der Waals surface area contributed by atoms with Crippen molar-refractivity contribution in [3.05, 3.63) is 63.4 Å². The summed E-state index contributed by atoms with van der Waals surface area (Å²) >= 11 is 4.32. The highest BCUT2D eigenvalue weighted by Gasteiger charge is 2.50. The van der Waals surface area contributed by atoms with E-state index < -0.39 is 72.7 Å². The number of hydrogen-bond donors (Lipinski definition) is 3. The summed E-state index contributed by atoms with van der Waals surface area (Å²) in [6.07, 6.45) is -0.815. The van der Waals surface area contributed by atoms with Crippen molar-refractivity contribution in [2.24, 2.45) is 5.41 Å². The maximum atomic E-state index is 14.6. The number of nitrogens with zero attached hydrogens (tertiary/aromatic N) is 3. The van der Waals surface area contributed by atoms with E-state index in [1.165, 1.54) is 26.8 Å². The quantitative estimate of drug-likeness (QED) is 0.146. The van der Waals surface area contributed by atoms with Crippen molar-refractivity contribution < 1.29 is 56.6 Å². The predicted molar refractivity (Wildman–Crippen MR) is 205 cm³/mol. The minimum Gasteiger partial charge on any atom is -0.464 e. The van der Waals surface area contributed by atoms with Crippen LogP contribution in [0.3, 0.4) is 0 Å². The van der Waals surface area contributed by atoms with E-state index >= 15 is 0 Å². The molecule has 1 saturated heterocycles. The number of thiophene rings is 1. The van der Waals surface area contributed by atoms with Gasteiger partial charge in [-0.05, 0) is 60.2 Å². The number of esters is 1. The van der Waals surface area contributed by atoms with Crippen LogP contribution in [0.15, 0.2) is 53.0 Å². The van der Waals surface area contributed by atoms with E-state index in [1.54, 1.807) is 66.1 Å². The molecule has 3 N–H and O–H groups in total. The summed E-state index contributed by atoms with van der Waals surface area (Å²) in [6, 6.07) is 8.75. The van der Waals surface area contributed by atoms with Gasteiger partial charge in [0.15, 0.2) is 0 Å². The van der Waals surface area contributed by atoms with Crippen molar-refractivity contribution in [3.63, 3.8) is 0 Å². The van der Waals surface area contributed by atoms with Crippen molar-refractivity contribution in [1.29, 1.82) is 0 Å². The van der Waals surface area contributed by atoms with Crippen molar-refractivity contribution in [3.8, 4) is 0 Å². The second kappa shape index (κ2) is 17.6.